The summed E-state index contributed by atoms with van der Waals surface area (Å²) in [6.45, 7) is 4.86. The number of carbonyl (C=O) groups excluding carboxylic acids is 1. The van der Waals surface area contributed by atoms with Gasteiger partial charge >= 0.3 is 0 Å². The van der Waals surface area contributed by atoms with E-state index in [1.54, 1.807) is 29.1 Å². The number of morpholine rings is 1. The molecule has 1 saturated heterocycles. The third kappa shape index (κ3) is 5.44. The Hall–Kier alpha value is -1.61. The second kappa shape index (κ2) is 9.36. The standard InChI is InChI=1S/C17H20BrClN4O3/c18-13-1-2-16(14(19)11-13)26-12-23-5-3-15(21-23)17(24)20-4-6-22-7-9-25-10-8-22/h1-3,5,11H,4,6-10,12H2,(H,20,24). The van der Waals surface area contributed by atoms with Gasteiger partial charge in [-0.15, -0.1) is 0 Å². The van der Waals surface area contributed by atoms with Crippen molar-refractivity contribution < 1.29 is 14.3 Å². The van der Waals surface area contributed by atoms with Crippen LogP contribution in [0.25, 0.3) is 0 Å². The minimum absolute atomic E-state index is 0.169. The van der Waals surface area contributed by atoms with Crippen molar-refractivity contribution in [3.05, 3.63) is 45.7 Å². The lowest BCUT2D eigenvalue weighted by Crippen LogP contribution is -2.41. The predicted octanol–water partition coefficient (Wildman–Crippen LogP) is 2.40. The highest BCUT2D eigenvalue weighted by atomic mass is 79.9. The largest absolute Gasteiger partial charge is 0.470 e. The van der Waals surface area contributed by atoms with E-state index in [4.69, 9.17) is 21.1 Å². The molecular formula is C17H20BrClN4O3. The van der Waals surface area contributed by atoms with Gasteiger partial charge in [-0.1, -0.05) is 27.5 Å². The van der Waals surface area contributed by atoms with Crippen LogP contribution in [0.3, 0.4) is 0 Å². The average molecular weight is 444 g/mol. The second-order valence-corrected chi connectivity index (χ2v) is 7.12. The van der Waals surface area contributed by atoms with Crippen molar-refractivity contribution in [2.75, 3.05) is 39.4 Å². The van der Waals surface area contributed by atoms with Gasteiger partial charge in [0.05, 0.1) is 18.2 Å². The van der Waals surface area contributed by atoms with Crippen LogP contribution in [0.5, 0.6) is 5.75 Å². The summed E-state index contributed by atoms with van der Waals surface area (Å²) in [6.07, 6.45) is 1.70. The van der Waals surface area contributed by atoms with Crippen molar-refractivity contribution in [2.45, 2.75) is 6.73 Å². The number of halogens is 2. The fraction of sp³-hybridized carbons (Fsp3) is 0.412. The van der Waals surface area contributed by atoms with Gasteiger partial charge < -0.3 is 14.8 Å². The zero-order valence-electron chi connectivity index (χ0n) is 14.2. The number of nitrogens with one attached hydrogen (secondary N) is 1. The van der Waals surface area contributed by atoms with E-state index in [-0.39, 0.29) is 12.6 Å². The molecule has 0 saturated carbocycles. The molecule has 0 atom stereocenters. The zero-order valence-corrected chi connectivity index (χ0v) is 16.5. The van der Waals surface area contributed by atoms with Gasteiger partial charge in [0, 0.05) is 36.8 Å². The summed E-state index contributed by atoms with van der Waals surface area (Å²) in [6, 6.07) is 7.04. The molecule has 140 valence electrons. The molecule has 1 aromatic carbocycles. The smallest absolute Gasteiger partial charge is 0.271 e. The van der Waals surface area contributed by atoms with Gasteiger partial charge in [-0.2, -0.15) is 5.10 Å². The molecule has 0 spiro atoms. The molecular weight excluding hydrogens is 424 g/mol. The first-order valence-corrected chi connectivity index (χ1v) is 9.48. The number of aromatic nitrogens is 2. The summed E-state index contributed by atoms with van der Waals surface area (Å²) in [4.78, 5) is 14.4. The van der Waals surface area contributed by atoms with Gasteiger partial charge in [0.25, 0.3) is 5.91 Å². The molecule has 26 heavy (non-hydrogen) atoms. The molecule has 1 aliphatic rings. The Bertz CT molecular complexity index is 749. The Labute approximate surface area is 165 Å². The number of hydrogen-bond donors (Lipinski definition) is 1. The van der Waals surface area contributed by atoms with Crippen LogP contribution in [-0.4, -0.2) is 60.0 Å². The maximum Gasteiger partial charge on any atom is 0.271 e. The Balaban J connectivity index is 1.45. The van der Waals surface area contributed by atoms with E-state index in [0.717, 1.165) is 37.3 Å². The molecule has 7 nitrogen and oxygen atoms in total. The number of carbonyl (C=O) groups is 1. The molecule has 2 aromatic rings. The maximum atomic E-state index is 12.2. The van der Waals surface area contributed by atoms with Crippen LogP contribution in [0.4, 0.5) is 0 Å². The van der Waals surface area contributed by atoms with Gasteiger partial charge in [-0.3, -0.25) is 9.69 Å². The van der Waals surface area contributed by atoms with Gasteiger partial charge in [0.15, 0.2) is 6.73 Å². The summed E-state index contributed by atoms with van der Waals surface area (Å²) >= 11 is 9.46. The molecule has 1 N–H and O–H groups in total. The normalized spacial score (nSPS) is 15.0. The predicted molar refractivity (Wildman–Crippen MR) is 102 cm³/mol. The van der Waals surface area contributed by atoms with E-state index in [0.29, 0.717) is 23.0 Å². The summed E-state index contributed by atoms with van der Waals surface area (Å²) in [5.41, 5.74) is 0.359. The second-order valence-electron chi connectivity index (χ2n) is 5.80. The van der Waals surface area contributed by atoms with E-state index in [1.807, 2.05) is 6.07 Å². The Kier molecular flexibility index (Phi) is 6.90. The van der Waals surface area contributed by atoms with Crippen LogP contribution < -0.4 is 10.1 Å². The fourth-order valence-electron chi connectivity index (χ4n) is 2.53. The van der Waals surface area contributed by atoms with Gasteiger partial charge in [-0.25, -0.2) is 4.68 Å². The minimum atomic E-state index is -0.196. The van der Waals surface area contributed by atoms with Crippen LogP contribution >= 0.6 is 27.5 Å². The highest BCUT2D eigenvalue weighted by molar-refractivity contribution is 9.10. The summed E-state index contributed by atoms with van der Waals surface area (Å²) in [7, 11) is 0. The first-order chi connectivity index (χ1) is 12.6. The summed E-state index contributed by atoms with van der Waals surface area (Å²) in [5.74, 6) is 0.362. The number of rotatable bonds is 7. The number of hydrogen-bond acceptors (Lipinski definition) is 5. The van der Waals surface area contributed by atoms with Crippen LogP contribution in [0.1, 0.15) is 10.5 Å². The zero-order chi connectivity index (χ0) is 18.4. The van der Waals surface area contributed by atoms with E-state index < -0.39 is 0 Å². The molecule has 9 heteroatoms. The third-order valence-electron chi connectivity index (χ3n) is 3.94. The molecule has 2 heterocycles. The van der Waals surface area contributed by atoms with Crippen molar-refractivity contribution in [1.82, 2.24) is 20.0 Å². The van der Waals surface area contributed by atoms with Crippen LogP contribution in [0.15, 0.2) is 34.9 Å². The van der Waals surface area contributed by atoms with Crippen molar-refractivity contribution in [2.24, 2.45) is 0 Å². The number of amides is 1. The van der Waals surface area contributed by atoms with Crippen molar-refractivity contribution >= 4 is 33.4 Å². The van der Waals surface area contributed by atoms with E-state index in [1.165, 1.54) is 0 Å². The van der Waals surface area contributed by atoms with E-state index >= 15 is 0 Å². The van der Waals surface area contributed by atoms with Crippen molar-refractivity contribution in [1.29, 1.82) is 0 Å². The lowest BCUT2D eigenvalue weighted by Gasteiger charge is -2.26. The molecule has 0 bridgehead atoms. The Morgan fingerprint density at radius 2 is 2.15 bits per heavy atom. The molecule has 1 aromatic heterocycles. The SMILES string of the molecule is O=C(NCCN1CCOCC1)c1ccn(COc2ccc(Br)cc2Cl)n1. The molecule has 1 aliphatic heterocycles. The number of nitrogens with zero attached hydrogens (tertiary/aromatic N) is 3. The van der Waals surface area contributed by atoms with Crippen LogP contribution in [0.2, 0.25) is 5.02 Å². The van der Waals surface area contributed by atoms with Crippen molar-refractivity contribution in [3.8, 4) is 5.75 Å². The fourth-order valence-corrected chi connectivity index (χ4v) is 3.25. The van der Waals surface area contributed by atoms with Gasteiger partial charge in [-0.05, 0) is 24.3 Å². The number of ether oxygens (including phenoxy) is 2. The topological polar surface area (TPSA) is 68.6 Å². The molecule has 0 unspecified atom stereocenters. The monoisotopic (exact) mass is 442 g/mol. The molecule has 1 amide bonds. The minimum Gasteiger partial charge on any atom is -0.470 e. The van der Waals surface area contributed by atoms with Crippen molar-refractivity contribution in [3.63, 3.8) is 0 Å². The summed E-state index contributed by atoms with van der Waals surface area (Å²) in [5, 5.41) is 7.62. The Morgan fingerprint density at radius 1 is 1.35 bits per heavy atom. The average Bonchev–Trinajstić information content (AvgIpc) is 3.11. The van der Waals surface area contributed by atoms with Crippen LogP contribution in [-0.2, 0) is 11.5 Å². The van der Waals surface area contributed by atoms with E-state index in [9.17, 15) is 4.79 Å². The quantitative estimate of drug-likeness (QED) is 0.712. The third-order valence-corrected chi connectivity index (χ3v) is 4.73. The van der Waals surface area contributed by atoms with E-state index in [2.05, 4.69) is 31.2 Å². The highest BCUT2D eigenvalue weighted by Gasteiger charge is 2.12. The maximum absolute atomic E-state index is 12.2. The Morgan fingerprint density at radius 3 is 2.92 bits per heavy atom. The first-order valence-electron chi connectivity index (χ1n) is 8.31. The lowest BCUT2D eigenvalue weighted by atomic mass is 10.3. The first kappa shape index (κ1) is 19.2. The number of benzene rings is 1. The van der Waals surface area contributed by atoms with Gasteiger partial charge in [0.1, 0.15) is 11.4 Å². The molecule has 0 aliphatic carbocycles. The molecule has 3 rings (SSSR count). The van der Waals surface area contributed by atoms with Crippen LogP contribution in [0, 0.1) is 0 Å². The lowest BCUT2D eigenvalue weighted by molar-refractivity contribution is 0.0383. The summed E-state index contributed by atoms with van der Waals surface area (Å²) < 4.78 is 13.4. The highest BCUT2D eigenvalue weighted by Crippen LogP contribution is 2.27. The molecule has 0 radical (unpaired) electrons. The van der Waals surface area contributed by atoms with Gasteiger partial charge in [0.2, 0.25) is 0 Å². The molecule has 1 fully saturated rings.